The van der Waals surface area contributed by atoms with Crippen LogP contribution in [0.5, 0.6) is 0 Å². The molecule has 0 saturated carbocycles. The van der Waals surface area contributed by atoms with Crippen LogP contribution in [0.2, 0.25) is 0 Å². The predicted molar refractivity (Wildman–Crippen MR) is 66.4 cm³/mol. The number of aromatic nitrogens is 2. The summed E-state index contributed by atoms with van der Waals surface area (Å²) in [5, 5.41) is 14.6. The molecular formula is C13H24N2O. The van der Waals surface area contributed by atoms with Gasteiger partial charge in [0, 0.05) is 6.54 Å². The lowest BCUT2D eigenvalue weighted by atomic mass is 10.1. The van der Waals surface area contributed by atoms with Crippen LogP contribution in [0.3, 0.4) is 0 Å². The molecule has 1 aromatic rings. The zero-order valence-electron chi connectivity index (χ0n) is 10.7. The Balaban J connectivity index is 2.65. The van der Waals surface area contributed by atoms with Crippen molar-refractivity contribution in [3.8, 4) is 0 Å². The molecule has 0 bridgehead atoms. The van der Waals surface area contributed by atoms with Gasteiger partial charge in [0.05, 0.1) is 17.5 Å². The maximum atomic E-state index is 10.1. The monoisotopic (exact) mass is 224 g/mol. The Kier molecular flexibility index (Phi) is 5.53. The molecule has 0 fully saturated rings. The number of aliphatic hydroxyl groups is 1. The number of nitrogens with zero attached hydrogens (tertiary/aromatic N) is 2. The molecule has 0 aliphatic rings. The Labute approximate surface area is 98.5 Å². The topological polar surface area (TPSA) is 38.1 Å². The molecule has 0 saturated heterocycles. The summed E-state index contributed by atoms with van der Waals surface area (Å²) in [6.07, 6.45) is 4.91. The van der Waals surface area contributed by atoms with Crippen molar-refractivity contribution in [3.05, 3.63) is 17.5 Å². The summed E-state index contributed by atoms with van der Waals surface area (Å²) >= 11 is 0. The van der Waals surface area contributed by atoms with Crippen LogP contribution in [0.4, 0.5) is 0 Å². The molecule has 1 heterocycles. The van der Waals surface area contributed by atoms with Gasteiger partial charge >= 0.3 is 0 Å². The Bertz CT molecular complexity index is 307. The van der Waals surface area contributed by atoms with Crippen molar-refractivity contribution >= 4 is 0 Å². The molecule has 1 rings (SSSR count). The van der Waals surface area contributed by atoms with E-state index in [9.17, 15) is 5.11 Å². The van der Waals surface area contributed by atoms with Crippen molar-refractivity contribution < 1.29 is 5.11 Å². The minimum atomic E-state index is -0.348. The van der Waals surface area contributed by atoms with Crippen molar-refractivity contribution in [3.63, 3.8) is 0 Å². The van der Waals surface area contributed by atoms with E-state index < -0.39 is 0 Å². The molecule has 0 aliphatic carbocycles. The van der Waals surface area contributed by atoms with Crippen molar-refractivity contribution in [1.29, 1.82) is 0 Å². The van der Waals surface area contributed by atoms with Crippen LogP contribution < -0.4 is 0 Å². The smallest absolute Gasteiger partial charge is 0.0956 e. The normalized spacial score (nSPS) is 13.0. The molecule has 16 heavy (non-hydrogen) atoms. The van der Waals surface area contributed by atoms with E-state index in [4.69, 9.17) is 0 Å². The lowest BCUT2D eigenvalue weighted by molar-refractivity contribution is 0.153. The average Bonchev–Trinajstić information content (AvgIpc) is 2.72. The van der Waals surface area contributed by atoms with Gasteiger partial charge in [0.1, 0.15) is 0 Å². The first kappa shape index (κ1) is 13.2. The number of aryl methyl sites for hydroxylation is 2. The molecule has 0 aliphatic heterocycles. The van der Waals surface area contributed by atoms with Gasteiger partial charge in [0.2, 0.25) is 0 Å². The number of rotatable bonds is 7. The summed E-state index contributed by atoms with van der Waals surface area (Å²) < 4.78 is 1.93. The Hall–Kier alpha value is -0.830. The van der Waals surface area contributed by atoms with E-state index in [2.05, 4.69) is 25.9 Å². The van der Waals surface area contributed by atoms with Crippen LogP contribution in [0.25, 0.3) is 0 Å². The van der Waals surface area contributed by atoms with E-state index >= 15 is 0 Å². The summed E-state index contributed by atoms with van der Waals surface area (Å²) in [6.45, 7) is 7.17. The number of hydrogen-bond acceptors (Lipinski definition) is 2. The van der Waals surface area contributed by atoms with Gasteiger partial charge in [0.15, 0.2) is 0 Å². The van der Waals surface area contributed by atoms with Gasteiger partial charge in [-0.2, -0.15) is 5.10 Å². The predicted octanol–water partition coefficient (Wildman–Crippen LogP) is 3.08. The molecule has 0 aromatic carbocycles. The minimum Gasteiger partial charge on any atom is -0.387 e. The van der Waals surface area contributed by atoms with Gasteiger partial charge in [-0.1, -0.05) is 33.1 Å². The summed E-state index contributed by atoms with van der Waals surface area (Å²) in [6, 6.07) is 2.04. The second-order valence-corrected chi connectivity index (χ2v) is 4.24. The lowest BCUT2D eigenvalue weighted by Gasteiger charge is -2.11. The first-order chi connectivity index (χ1) is 7.72. The molecule has 1 unspecified atom stereocenters. The minimum absolute atomic E-state index is 0.348. The van der Waals surface area contributed by atoms with E-state index in [1.807, 2.05) is 10.7 Å². The van der Waals surface area contributed by atoms with Crippen LogP contribution >= 0.6 is 0 Å². The molecule has 1 aromatic heterocycles. The van der Waals surface area contributed by atoms with Gasteiger partial charge in [-0.3, -0.25) is 4.68 Å². The third-order valence-corrected chi connectivity index (χ3v) is 2.95. The van der Waals surface area contributed by atoms with Crippen LogP contribution in [0.1, 0.15) is 63.9 Å². The zero-order chi connectivity index (χ0) is 12.0. The fraction of sp³-hybridized carbons (Fsp3) is 0.769. The Morgan fingerprint density at radius 1 is 1.31 bits per heavy atom. The number of unbranched alkanes of at least 4 members (excludes halogenated alkanes) is 2. The average molecular weight is 224 g/mol. The number of aliphatic hydroxyl groups excluding tert-OH is 1. The maximum absolute atomic E-state index is 10.1. The highest BCUT2D eigenvalue weighted by atomic mass is 16.3. The second-order valence-electron chi connectivity index (χ2n) is 4.24. The van der Waals surface area contributed by atoms with Gasteiger partial charge in [-0.25, -0.2) is 0 Å². The Morgan fingerprint density at radius 3 is 2.62 bits per heavy atom. The lowest BCUT2D eigenvalue weighted by Crippen LogP contribution is -2.08. The quantitative estimate of drug-likeness (QED) is 0.723. The van der Waals surface area contributed by atoms with Crippen LogP contribution in [-0.2, 0) is 13.0 Å². The van der Waals surface area contributed by atoms with E-state index in [-0.39, 0.29) is 6.10 Å². The molecular weight excluding hydrogens is 200 g/mol. The fourth-order valence-electron chi connectivity index (χ4n) is 1.92. The van der Waals surface area contributed by atoms with Crippen molar-refractivity contribution in [2.24, 2.45) is 0 Å². The molecule has 92 valence electrons. The zero-order valence-corrected chi connectivity index (χ0v) is 10.7. The van der Waals surface area contributed by atoms with E-state index in [0.717, 1.165) is 37.2 Å². The fourth-order valence-corrected chi connectivity index (χ4v) is 1.92. The highest BCUT2D eigenvalue weighted by molar-refractivity contribution is 5.13. The molecule has 0 amide bonds. The molecule has 0 radical (unpaired) electrons. The van der Waals surface area contributed by atoms with Crippen molar-refractivity contribution in [1.82, 2.24) is 9.78 Å². The SMILES string of the molecule is CCCCCC(O)c1cc(CC)nn1CC. The molecule has 3 heteroatoms. The number of hydrogen-bond donors (Lipinski definition) is 1. The van der Waals surface area contributed by atoms with Crippen LogP contribution in [-0.4, -0.2) is 14.9 Å². The van der Waals surface area contributed by atoms with E-state index in [0.29, 0.717) is 0 Å². The van der Waals surface area contributed by atoms with Gasteiger partial charge in [0.25, 0.3) is 0 Å². The van der Waals surface area contributed by atoms with Crippen molar-refractivity contribution in [2.75, 3.05) is 0 Å². The first-order valence-electron chi connectivity index (χ1n) is 6.47. The second kappa shape index (κ2) is 6.69. The van der Waals surface area contributed by atoms with Crippen molar-refractivity contribution in [2.45, 2.75) is 65.5 Å². The van der Waals surface area contributed by atoms with Gasteiger partial charge in [-0.05, 0) is 25.8 Å². The molecule has 1 N–H and O–H groups in total. The Morgan fingerprint density at radius 2 is 2.06 bits per heavy atom. The molecule has 0 spiro atoms. The standard InChI is InChI=1S/C13H24N2O/c1-4-7-8-9-13(16)12-10-11(5-2)14-15(12)6-3/h10,13,16H,4-9H2,1-3H3. The van der Waals surface area contributed by atoms with E-state index in [1.54, 1.807) is 0 Å². The van der Waals surface area contributed by atoms with E-state index in [1.165, 1.54) is 12.8 Å². The largest absolute Gasteiger partial charge is 0.387 e. The highest BCUT2D eigenvalue weighted by Gasteiger charge is 2.14. The highest BCUT2D eigenvalue weighted by Crippen LogP contribution is 2.21. The van der Waals surface area contributed by atoms with Crippen LogP contribution in [0, 0.1) is 0 Å². The third-order valence-electron chi connectivity index (χ3n) is 2.95. The summed E-state index contributed by atoms with van der Waals surface area (Å²) in [5.41, 5.74) is 2.06. The summed E-state index contributed by atoms with van der Waals surface area (Å²) in [4.78, 5) is 0. The van der Waals surface area contributed by atoms with Crippen LogP contribution in [0.15, 0.2) is 6.07 Å². The molecule has 3 nitrogen and oxygen atoms in total. The van der Waals surface area contributed by atoms with Gasteiger partial charge in [-0.15, -0.1) is 0 Å². The molecule has 1 atom stereocenters. The maximum Gasteiger partial charge on any atom is 0.0956 e. The summed E-state index contributed by atoms with van der Waals surface area (Å²) in [5.74, 6) is 0. The summed E-state index contributed by atoms with van der Waals surface area (Å²) in [7, 11) is 0. The third kappa shape index (κ3) is 3.34. The van der Waals surface area contributed by atoms with Gasteiger partial charge < -0.3 is 5.11 Å². The first-order valence-corrected chi connectivity index (χ1v) is 6.47.